The predicted molar refractivity (Wildman–Crippen MR) is 179 cm³/mol. The van der Waals surface area contributed by atoms with Gasteiger partial charge in [-0.1, -0.05) is 54.6 Å². The van der Waals surface area contributed by atoms with E-state index in [1.165, 1.54) is 6.07 Å². The first-order valence-electron chi connectivity index (χ1n) is 14.4. The van der Waals surface area contributed by atoms with Crippen LogP contribution in [0.2, 0.25) is 0 Å². The van der Waals surface area contributed by atoms with Gasteiger partial charge in [0.25, 0.3) is 5.91 Å². The maximum atomic E-state index is 15.4. The second-order valence-electron chi connectivity index (χ2n) is 10.3. The Bertz CT molecular complexity index is 1510. The molecule has 3 aromatic carbocycles. The van der Waals surface area contributed by atoms with E-state index >= 15 is 4.39 Å². The van der Waals surface area contributed by atoms with E-state index in [-0.39, 0.29) is 42.7 Å². The van der Waals surface area contributed by atoms with Crippen LogP contribution >= 0.6 is 24.8 Å². The molecule has 5 rings (SSSR count). The lowest BCUT2D eigenvalue weighted by molar-refractivity contribution is -0.137. The number of hydrogen-bond donors (Lipinski definition) is 1. The lowest BCUT2D eigenvalue weighted by Crippen LogP contribution is -2.51. The van der Waals surface area contributed by atoms with Crippen molar-refractivity contribution in [2.45, 2.75) is 19.9 Å². The number of pyridine rings is 1. The molecular formula is C34H38Cl2FN5O2. The van der Waals surface area contributed by atoms with Crippen molar-refractivity contribution < 1.29 is 14.0 Å². The smallest absolute Gasteiger partial charge is 0.256 e. The van der Waals surface area contributed by atoms with Gasteiger partial charge in [-0.3, -0.25) is 19.5 Å². The molecule has 10 heteroatoms. The predicted octanol–water partition coefficient (Wildman–Crippen LogP) is 6.72. The number of hydrogen-bond acceptors (Lipinski definition) is 5. The molecule has 0 aliphatic carbocycles. The molecule has 0 bridgehead atoms. The normalized spacial score (nSPS) is 13.7. The minimum Gasteiger partial charge on any atom is -0.367 e. The Morgan fingerprint density at radius 2 is 1.57 bits per heavy atom. The summed E-state index contributed by atoms with van der Waals surface area (Å²) >= 11 is 0. The number of rotatable bonds is 9. The van der Waals surface area contributed by atoms with E-state index in [1.807, 2.05) is 78.2 Å². The van der Waals surface area contributed by atoms with Gasteiger partial charge in [-0.2, -0.15) is 0 Å². The topological polar surface area (TPSA) is 68.8 Å². The van der Waals surface area contributed by atoms with Crippen LogP contribution in [-0.2, 0) is 4.79 Å². The van der Waals surface area contributed by atoms with Crippen LogP contribution in [0.4, 0.5) is 15.8 Å². The van der Waals surface area contributed by atoms with Crippen molar-refractivity contribution in [2.75, 3.05) is 49.5 Å². The number of amides is 2. The third kappa shape index (κ3) is 7.75. The Morgan fingerprint density at radius 1 is 0.886 bits per heavy atom. The van der Waals surface area contributed by atoms with Gasteiger partial charge in [-0.05, 0) is 55.3 Å². The SMILES string of the molecule is CCN(CC)C(=O)C(c1ccccc1)N1CCN(c2ccc(NC(=O)c3ccccc3-c3cccnc3)cc2F)CC1.Cl.Cl. The van der Waals surface area contributed by atoms with Crippen LogP contribution in [0.1, 0.15) is 35.8 Å². The summed E-state index contributed by atoms with van der Waals surface area (Å²) in [6, 6.07) is 25.3. The summed E-state index contributed by atoms with van der Waals surface area (Å²) in [5.41, 5.74) is 3.91. The zero-order chi connectivity index (χ0) is 29.5. The number of anilines is 2. The van der Waals surface area contributed by atoms with E-state index in [0.29, 0.717) is 56.2 Å². The van der Waals surface area contributed by atoms with E-state index in [1.54, 1.807) is 36.7 Å². The Morgan fingerprint density at radius 3 is 2.20 bits per heavy atom. The molecule has 232 valence electrons. The van der Waals surface area contributed by atoms with E-state index in [0.717, 1.165) is 16.7 Å². The molecule has 44 heavy (non-hydrogen) atoms. The second-order valence-corrected chi connectivity index (χ2v) is 10.3. The highest BCUT2D eigenvalue weighted by Crippen LogP contribution is 2.29. The number of halogens is 3. The van der Waals surface area contributed by atoms with Gasteiger partial charge in [-0.25, -0.2) is 4.39 Å². The van der Waals surface area contributed by atoms with Crippen molar-refractivity contribution in [3.8, 4) is 11.1 Å². The molecule has 1 aliphatic rings. The van der Waals surface area contributed by atoms with Crippen molar-refractivity contribution in [2.24, 2.45) is 0 Å². The quantitative estimate of drug-likeness (QED) is 0.221. The van der Waals surface area contributed by atoms with E-state index in [4.69, 9.17) is 0 Å². The van der Waals surface area contributed by atoms with Crippen LogP contribution in [0.15, 0.2) is 97.3 Å². The Hall–Kier alpha value is -3.98. The summed E-state index contributed by atoms with van der Waals surface area (Å²) in [5.74, 6) is -0.628. The second kappa shape index (κ2) is 16.2. The first kappa shape index (κ1) is 34.5. The maximum Gasteiger partial charge on any atom is 0.256 e. The molecule has 7 nitrogen and oxygen atoms in total. The summed E-state index contributed by atoms with van der Waals surface area (Å²) in [6.45, 7) is 7.70. The average Bonchev–Trinajstić information content (AvgIpc) is 3.03. The van der Waals surface area contributed by atoms with Gasteiger partial charge >= 0.3 is 0 Å². The molecule has 1 N–H and O–H groups in total. The zero-order valence-corrected chi connectivity index (χ0v) is 26.5. The molecule has 0 spiro atoms. The third-order valence-electron chi connectivity index (χ3n) is 7.79. The van der Waals surface area contributed by atoms with Gasteiger partial charge in [0.05, 0.1) is 5.69 Å². The number of likely N-dealkylation sites (N-methyl/N-ethyl adjacent to an activating group) is 1. The molecule has 1 unspecified atom stereocenters. The van der Waals surface area contributed by atoms with Gasteiger partial charge in [0, 0.05) is 68.5 Å². The van der Waals surface area contributed by atoms with E-state index in [2.05, 4.69) is 15.2 Å². The molecular weight excluding hydrogens is 600 g/mol. The van der Waals surface area contributed by atoms with Crippen molar-refractivity contribution in [1.29, 1.82) is 0 Å². The average molecular weight is 639 g/mol. The fourth-order valence-corrected chi connectivity index (χ4v) is 5.57. The standard InChI is InChI=1S/C34H36FN5O2.2ClH/c1-3-38(4-2)34(42)32(25-11-6-5-7-12-25)40-21-19-39(20-22-40)31-17-16-27(23-30(31)35)37-33(41)29-15-9-8-14-28(29)26-13-10-18-36-24-26;;/h5-18,23-24,32H,3-4,19-22H2,1-2H3,(H,37,41);2*1H. The molecule has 2 amide bonds. The van der Waals surface area contributed by atoms with Crippen molar-refractivity contribution in [3.63, 3.8) is 0 Å². The number of piperazine rings is 1. The molecule has 2 heterocycles. The molecule has 1 fully saturated rings. The van der Waals surface area contributed by atoms with Crippen LogP contribution in [0.5, 0.6) is 0 Å². The molecule has 4 aromatic rings. The molecule has 0 saturated carbocycles. The summed E-state index contributed by atoms with van der Waals surface area (Å²) < 4.78 is 15.4. The Kier molecular flexibility index (Phi) is 12.7. The number of carbonyl (C=O) groups excluding carboxylic acids is 2. The minimum absolute atomic E-state index is 0. The zero-order valence-electron chi connectivity index (χ0n) is 24.9. The third-order valence-corrected chi connectivity index (χ3v) is 7.79. The molecule has 1 saturated heterocycles. The first-order valence-corrected chi connectivity index (χ1v) is 14.4. The van der Waals surface area contributed by atoms with Gasteiger partial charge in [0.15, 0.2) is 0 Å². The van der Waals surface area contributed by atoms with Crippen LogP contribution < -0.4 is 10.2 Å². The molecule has 1 atom stereocenters. The van der Waals surface area contributed by atoms with Crippen LogP contribution in [0.3, 0.4) is 0 Å². The van der Waals surface area contributed by atoms with Gasteiger partial charge in [-0.15, -0.1) is 24.8 Å². The fourth-order valence-electron chi connectivity index (χ4n) is 5.57. The van der Waals surface area contributed by atoms with E-state index in [9.17, 15) is 9.59 Å². The van der Waals surface area contributed by atoms with Crippen LogP contribution in [-0.4, -0.2) is 65.9 Å². The lowest BCUT2D eigenvalue weighted by Gasteiger charge is -2.41. The summed E-state index contributed by atoms with van der Waals surface area (Å²) in [7, 11) is 0. The highest BCUT2D eigenvalue weighted by molar-refractivity contribution is 6.08. The van der Waals surface area contributed by atoms with Crippen molar-refractivity contribution in [1.82, 2.24) is 14.8 Å². The van der Waals surface area contributed by atoms with Gasteiger partial charge < -0.3 is 15.1 Å². The number of nitrogens with one attached hydrogen (secondary N) is 1. The number of benzene rings is 3. The number of carbonyl (C=O) groups is 2. The van der Waals surface area contributed by atoms with Crippen LogP contribution in [0, 0.1) is 5.82 Å². The largest absolute Gasteiger partial charge is 0.367 e. The number of nitrogens with zero attached hydrogens (tertiary/aromatic N) is 4. The van der Waals surface area contributed by atoms with Gasteiger partial charge in [0.2, 0.25) is 5.91 Å². The van der Waals surface area contributed by atoms with Gasteiger partial charge in [0.1, 0.15) is 11.9 Å². The monoisotopic (exact) mass is 637 g/mol. The lowest BCUT2D eigenvalue weighted by atomic mass is 10.0. The minimum atomic E-state index is -0.402. The summed E-state index contributed by atoms with van der Waals surface area (Å²) in [4.78, 5) is 36.9. The number of aromatic nitrogens is 1. The highest BCUT2D eigenvalue weighted by Gasteiger charge is 2.33. The molecule has 1 aliphatic heterocycles. The summed E-state index contributed by atoms with van der Waals surface area (Å²) in [5, 5.41) is 2.85. The highest BCUT2D eigenvalue weighted by atomic mass is 35.5. The fraction of sp³-hybridized carbons (Fsp3) is 0.265. The molecule has 0 radical (unpaired) electrons. The van der Waals surface area contributed by atoms with Crippen molar-refractivity contribution >= 4 is 48.0 Å². The van der Waals surface area contributed by atoms with Crippen LogP contribution in [0.25, 0.3) is 11.1 Å². The maximum absolute atomic E-state index is 15.4. The summed E-state index contributed by atoms with van der Waals surface area (Å²) in [6.07, 6.45) is 3.39. The van der Waals surface area contributed by atoms with Crippen molar-refractivity contribution in [3.05, 3.63) is 114 Å². The molecule has 1 aromatic heterocycles. The Balaban J connectivity index is 0.00000264. The Labute approximate surface area is 270 Å². The van der Waals surface area contributed by atoms with E-state index < -0.39 is 5.82 Å². The first-order chi connectivity index (χ1) is 20.5.